The number of nitro groups is 1. The topological polar surface area (TPSA) is 105 Å². The van der Waals surface area contributed by atoms with E-state index in [1.54, 1.807) is 36.4 Å². The predicted octanol–water partition coefficient (Wildman–Crippen LogP) is 3.84. The maximum Gasteiger partial charge on any atom is 0.270 e. The van der Waals surface area contributed by atoms with E-state index in [1.807, 2.05) is 35.9 Å². The zero-order chi connectivity index (χ0) is 21.5. The molecular formula is C21H19N4O4S+. The van der Waals surface area contributed by atoms with E-state index in [0.717, 1.165) is 34.1 Å². The Labute approximate surface area is 173 Å². The van der Waals surface area contributed by atoms with E-state index in [1.165, 1.54) is 6.07 Å². The molecule has 4 rings (SSSR count). The second kappa shape index (κ2) is 7.27. The summed E-state index contributed by atoms with van der Waals surface area (Å²) in [5, 5.41) is 16.3. The van der Waals surface area contributed by atoms with E-state index in [2.05, 4.69) is 10.0 Å². The third-order valence-corrected chi connectivity index (χ3v) is 5.42. The zero-order valence-corrected chi connectivity index (χ0v) is 17.1. The van der Waals surface area contributed by atoms with Crippen molar-refractivity contribution in [2.45, 2.75) is 0 Å². The van der Waals surface area contributed by atoms with Crippen LogP contribution in [0.1, 0.15) is 0 Å². The molecule has 0 aliphatic rings. The van der Waals surface area contributed by atoms with Crippen LogP contribution in [0.3, 0.4) is 0 Å². The van der Waals surface area contributed by atoms with Crippen molar-refractivity contribution < 1.29 is 17.9 Å². The highest BCUT2D eigenvalue weighted by atomic mass is 32.2. The summed E-state index contributed by atoms with van der Waals surface area (Å²) in [6, 6.07) is 19.4. The van der Waals surface area contributed by atoms with Crippen molar-refractivity contribution in [1.82, 2.24) is 0 Å². The molecule has 0 aliphatic carbocycles. The van der Waals surface area contributed by atoms with Gasteiger partial charge >= 0.3 is 0 Å². The quantitative estimate of drug-likeness (QED) is 0.220. The summed E-state index contributed by atoms with van der Waals surface area (Å²) in [6.07, 6.45) is 1.09. The van der Waals surface area contributed by atoms with Gasteiger partial charge in [0.2, 0.25) is 21.1 Å². The van der Waals surface area contributed by atoms with E-state index in [4.69, 9.17) is 0 Å². The molecule has 0 amide bonds. The Morgan fingerprint density at radius 2 is 1.53 bits per heavy atom. The molecule has 152 valence electrons. The van der Waals surface area contributed by atoms with Crippen molar-refractivity contribution in [2.75, 3.05) is 16.3 Å². The van der Waals surface area contributed by atoms with Gasteiger partial charge in [0.25, 0.3) is 5.69 Å². The number of nitrogens with zero attached hydrogens (tertiary/aromatic N) is 2. The Hall–Kier alpha value is -3.72. The lowest BCUT2D eigenvalue weighted by Gasteiger charge is -2.13. The lowest BCUT2D eigenvalue weighted by Crippen LogP contribution is -2.30. The number of hydrogen-bond donors (Lipinski definition) is 2. The first-order valence-electron chi connectivity index (χ1n) is 9.07. The molecule has 8 nitrogen and oxygen atoms in total. The Morgan fingerprint density at radius 3 is 2.20 bits per heavy atom. The highest BCUT2D eigenvalue weighted by Crippen LogP contribution is 2.34. The summed E-state index contributed by atoms with van der Waals surface area (Å²) >= 11 is 0. The standard InChI is InChI=1S/C21H18N4O4S/c1-24-19-6-4-3-5-17(19)21(18-13-16(25(26)27)11-12-20(18)24)22-14-7-9-15(10-8-14)23-30(2,28)29/h3-13,23H,1-2H3/p+1. The lowest BCUT2D eigenvalue weighted by molar-refractivity contribution is -0.617. The smallest absolute Gasteiger partial charge is 0.270 e. The molecule has 1 aromatic heterocycles. The molecule has 1 heterocycles. The van der Waals surface area contributed by atoms with Crippen molar-refractivity contribution in [3.8, 4) is 0 Å². The molecule has 30 heavy (non-hydrogen) atoms. The maximum absolute atomic E-state index is 11.4. The van der Waals surface area contributed by atoms with Gasteiger partial charge in [0.1, 0.15) is 7.05 Å². The normalized spacial score (nSPS) is 11.5. The SMILES string of the molecule is C[n+]1c2ccccc2c(Nc2ccc(NS(C)(=O)=O)cc2)c2cc([N+](=O)[O-])ccc21. The van der Waals surface area contributed by atoms with Gasteiger partial charge in [-0.15, -0.1) is 0 Å². The number of non-ortho nitro benzene ring substituents is 1. The number of fused-ring (bicyclic) bond motifs is 2. The first kappa shape index (κ1) is 19.6. The number of nitrogens with one attached hydrogen (secondary N) is 2. The van der Waals surface area contributed by atoms with Gasteiger partial charge < -0.3 is 5.32 Å². The number of aryl methyl sites for hydroxylation is 1. The molecule has 0 aliphatic heterocycles. The van der Waals surface area contributed by atoms with Gasteiger partial charge in [0.05, 0.1) is 27.6 Å². The van der Waals surface area contributed by atoms with Gasteiger partial charge in [-0.3, -0.25) is 14.8 Å². The summed E-state index contributed by atoms with van der Waals surface area (Å²) in [7, 11) is -1.44. The number of pyridine rings is 1. The fraction of sp³-hybridized carbons (Fsp3) is 0.0952. The number of sulfonamides is 1. The number of anilines is 3. The lowest BCUT2D eigenvalue weighted by atomic mass is 10.1. The number of benzene rings is 3. The van der Waals surface area contributed by atoms with Crippen LogP contribution in [0.5, 0.6) is 0 Å². The van der Waals surface area contributed by atoms with Crippen LogP contribution in [0.15, 0.2) is 66.7 Å². The highest BCUT2D eigenvalue weighted by molar-refractivity contribution is 7.92. The van der Waals surface area contributed by atoms with Crippen molar-refractivity contribution in [3.05, 3.63) is 76.8 Å². The minimum absolute atomic E-state index is 0.00790. The van der Waals surface area contributed by atoms with Gasteiger partial charge in [-0.1, -0.05) is 12.1 Å². The minimum Gasteiger partial charge on any atom is -0.354 e. The van der Waals surface area contributed by atoms with Crippen LogP contribution < -0.4 is 14.6 Å². The van der Waals surface area contributed by atoms with Crippen molar-refractivity contribution in [2.24, 2.45) is 7.05 Å². The molecule has 0 fully saturated rings. The number of para-hydroxylation sites is 1. The molecule has 4 aromatic rings. The molecule has 0 radical (unpaired) electrons. The molecular weight excluding hydrogens is 404 g/mol. The second-order valence-corrected chi connectivity index (χ2v) is 8.73. The van der Waals surface area contributed by atoms with E-state index >= 15 is 0 Å². The van der Waals surface area contributed by atoms with Gasteiger partial charge in [-0.2, -0.15) is 4.57 Å². The Morgan fingerprint density at radius 1 is 0.900 bits per heavy atom. The first-order valence-corrected chi connectivity index (χ1v) is 11.0. The zero-order valence-electron chi connectivity index (χ0n) is 16.3. The maximum atomic E-state index is 11.4. The summed E-state index contributed by atoms with van der Waals surface area (Å²) in [5.74, 6) is 0. The molecule has 3 aromatic carbocycles. The highest BCUT2D eigenvalue weighted by Gasteiger charge is 2.20. The molecule has 0 saturated carbocycles. The van der Waals surface area contributed by atoms with Crippen molar-refractivity contribution in [3.63, 3.8) is 0 Å². The van der Waals surface area contributed by atoms with Gasteiger partial charge in [-0.05, 0) is 30.3 Å². The van der Waals surface area contributed by atoms with E-state index in [-0.39, 0.29) is 5.69 Å². The molecule has 2 N–H and O–H groups in total. The number of hydrogen-bond acceptors (Lipinski definition) is 5. The average Bonchev–Trinajstić information content (AvgIpc) is 2.71. The Balaban J connectivity index is 1.88. The third-order valence-electron chi connectivity index (χ3n) is 4.81. The molecule has 0 saturated heterocycles. The van der Waals surface area contributed by atoms with Crippen molar-refractivity contribution >= 4 is 54.6 Å². The predicted molar refractivity (Wildman–Crippen MR) is 117 cm³/mol. The molecule has 9 heteroatoms. The third kappa shape index (κ3) is 3.74. The van der Waals surface area contributed by atoms with Gasteiger partial charge in [0, 0.05) is 35.6 Å². The van der Waals surface area contributed by atoms with Crippen LogP contribution in [-0.2, 0) is 17.1 Å². The molecule has 0 bridgehead atoms. The second-order valence-electron chi connectivity index (χ2n) is 6.99. The Kier molecular flexibility index (Phi) is 4.75. The van der Waals surface area contributed by atoms with Crippen molar-refractivity contribution in [1.29, 1.82) is 0 Å². The van der Waals surface area contributed by atoms with Crippen LogP contribution >= 0.6 is 0 Å². The minimum atomic E-state index is -3.36. The summed E-state index contributed by atoms with van der Waals surface area (Å²) < 4.78 is 27.2. The Bertz CT molecular complexity index is 1400. The van der Waals surface area contributed by atoms with Crippen LogP contribution in [0.2, 0.25) is 0 Å². The fourth-order valence-corrected chi connectivity index (χ4v) is 4.06. The number of nitro benzene ring substituents is 1. The van der Waals surface area contributed by atoms with E-state index in [0.29, 0.717) is 11.1 Å². The molecule has 0 atom stereocenters. The largest absolute Gasteiger partial charge is 0.354 e. The van der Waals surface area contributed by atoms with Gasteiger partial charge in [0.15, 0.2) is 0 Å². The fourth-order valence-electron chi connectivity index (χ4n) is 3.50. The molecule has 0 spiro atoms. The average molecular weight is 423 g/mol. The first-order chi connectivity index (χ1) is 14.2. The van der Waals surface area contributed by atoms with Crippen LogP contribution in [0.25, 0.3) is 21.8 Å². The van der Waals surface area contributed by atoms with Gasteiger partial charge in [-0.25, -0.2) is 8.42 Å². The summed E-state index contributed by atoms with van der Waals surface area (Å²) in [4.78, 5) is 10.9. The molecule has 0 unspecified atom stereocenters. The van der Waals surface area contributed by atoms with Crippen LogP contribution in [0, 0.1) is 10.1 Å². The number of rotatable bonds is 5. The van der Waals surface area contributed by atoms with Crippen LogP contribution in [0.4, 0.5) is 22.7 Å². The summed E-state index contributed by atoms with van der Waals surface area (Å²) in [6.45, 7) is 0. The summed E-state index contributed by atoms with van der Waals surface area (Å²) in [5.41, 5.74) is 3.74. The van der Waals surface area contributed by atoms with E-state index < -0.39 is 14.9 Å². The monoisotopic (exact) mass is 423 g/mol. The van der Waals surface area contributed by atoms with Crippen LogP contribution in [-0.4, -0.2) is 19.6 Å². The number of aromatic nitrogens is 1. The van der Waals surface area contributed by atoms with E-state index in [9.17, 15) is 18.5 Å².